The lowest BCUT2D eigenvalue weighted by molar-refractivity contribution is -0.142. The Morgan fingerprint density at radius 1 is 1.32 bits per heavy atom. The van der Waals surface area contributed by atoms with Crippen molar-refractivity contribution < 1.29 is 18.0 Å². The molecule has 1 amide bonds. The molecule has 1 heterocycles. The number of rotatable bonds is 7. The van der Waals surface area contributed by atoms with Gasteiger partial charge >= 0.3 is 6.18 Å². The predicted molar refractivity (Wildman–Crippen MR) is 115 cm³/mol. The molecule has 0 radical (unpaired) electrons. The van der Waals surface area contributed by atoms with Gasteiger partial charge in [-0.15, -0.1) is 24.0 Å². The molecule has 6 nitrogen and oxygen atoms in total. The van der Waals surface area contributed by atoms with Crippen LogP contribution in [0.25, 0.3) is 0 Å². The summed E-state index contributed by atoms with van der Waals surface area (Å²) in [5, 5.41) is 6.27. The average Bonchev–Trinajstić information content (AvgIpc) is 2.94. The lowest BCUT2D eigenvalue weighted by atomic mass is 10.2. The normalized spacial score (nSPS) is 17.6. The zero-order valence-electron chi connectivity index (χ0n) is 16.0. The number of halogens is 4. The first kappa shape index (κ1) is 24.5. The number of para-hydroxylation sites is 1. The molecule has 1 saturated heterocycles. The van der Waals surface area contributed by atoms with Gasteiger partial charge in [0.1, 0.15) is 0 Å². The van der Waals surface area contributed by atoms with Crippen molar-refractivity contribution in [3.63, 3.8) is 0 Å². The molecule has 158 valence electrons. The summed E-state index contributed by atoms with van der Waals surface area (Å²) in [6, 6.07) is 9.32. The summed E-state index contributed by atoms with van der Waals surface area (Å²) in [7, 11) is 1.41. The van der Waals surface area contributed by atoms with Gasteiger partial charge < -0.3 is 15.5 Å². The Morgan fingerprint density at radius 3 is 2.61 bits per heavy atom. The summed E-state index contributed by atoms with van der Waals surface area (Å²) >= 11 is 0. The minimum Gasteiger partial charge on any atom is -0.357 e. The first-order valence-corrected chi connectivity index (χ1v) is 8.94. The average molecular weight is 513 g/mol. The summed E-state index contributed by atoms with van der Waals surface area (Å²) in [5.74, 6) is 0.532. The number of alkyl halides is 3. The first-order chi connectivity index (χ1) is 12.8. The van der Waals surface area contributed by atoms with Crippen molar-refractivity contribution in [3.05, 3.63) is 30.3 Å². The molecule has 0 aliphatic carbocycles. The third-order valence-corrected chi connectivity index (χ3v) is 4.08. The zero-order chi connectivity index (χ0) is 19.9. The largest absolute Gasteiger partial charge is 0.401 e. The van der Waals surface area contributed by atoms with Gasteiger partial charge in [0, 0.05) is 31.7 Å². The molecule has 1 aliphatic heterocycles. The van der Waals surface area contributed by atoms with E-state index in [0.29, 0.717) is 25.5 Å². The number of guanidine groups is 1. The van der Waals surface area contributed by atoms with Gasteiger partial charge in [0.05, 0.1) is 19.1 Å². The highest BCUT2D eigenvalue weighted by Crippen LogP contribution is 2.21. The summed E-state index contributed by atoms with van der Waals surface area (Å²) in [6.45, 7) is 2.49. The van der Waals surface area contributed by atoms with E-state index in [-0.39, 0.29) is 49.0 Å². The summed E-state index contributed by atoms with van der Waals surface area (Å²) < 4.78 is 37.1. The molecular formula is C18H27F3IN5O. The van der Waals surface area contributed by atoms with Gasteiger partial charge in [0.2, 0.25) is 5.91 Å². The van der Waals surface area contributed by atoms with E-state index in [1.54, 1.807) is 4.90 Å². The zero-order valence-corrected chi connectivity index (χ0v) is 18.3. The molecule has 1 aromatic carbocycles. The van der Waals surface area contributed by atoms with Crippen molar-refractivity contribution in [1.29, 1.82) is 0 Å². The van der Waals surface area contributed by atoms with Crippen LogP contribution in [0.3, 0.4) is 0 Å². The van der Waals surface area contributed by atoms with Crippen molar-refractivity contribution in [2.45, 2.75) is 25.6 Å². The highest BCUT2D eigenvalue weighted by atomic mass is 127. The molecule has 1 aromatic rings. The highest BCUT2D eigenvalue weighted by molar-refractivity contribution is 14.0. The maximum absolute atomic E-state index is 12.4. The van der Waals surface area contributed by atoms with Crippen molar-refractivity contribution in [2.24, 2.45) is 4.99 Å². The third-order valence-electron chi connectivity index (χ3n) is 4.08. The van der Waals surface area contributed by atoms with Gasteiger partial charge in [-0.25, -0.2) is 0 Å². The lowest BCUT2D eigenvalue weighted by Gasteiger charge is -2.20. The molecule has 2 N–H and O–H groups in total. The van der Waals surface area contributed by atoms with Gasteiger partial charge in [-0.2, -0.15) is 13.2 Å². The number of carbonyl (C=O) groups excluding carboxylic acids is 1. The van der Waals surface area contributed by atoms with Gasteiger partial charge in [-0.3, -0.25) is 14.7 Å². The molecule has 1 unspecified atom stereocenters. The van der Waals surface area contributed by atoms with Gasteiger partial charge in [0.25, 0.3) is 0 Å². The highest BCUT2D eigenvalue weighted by Gasteiger charge is 2.31. The van der Waals surface area contributed by atoms with Crippen LogP contribution in [0.4, 0.5) is 18.9 Å². The SMILES string of the molecule is CCNC(=NCCN(C)CC(F)(F)F)NC1CC(=O)N(c2ccccc2)C1.I. The molecule has 0 aromatic heterocycles. The molecule has 28 heavy (non-hydrogen) atoms. The lowest BCUT2D eigenvalue weighted by Crippen LogP contribution is -2.45. The Bertz CT molecular complexity index is 642. The number of nitrogens with one attached hydrogen (secondary N) is 2. The van der Waals surface area contributed by atoms with E-state index in [1.165, 1.54) is 11.9 Å². The number of hydrogen-bond acceptors (Lipinski definition) is 3. The van der Waals surface area contributed by atoms with E-state index < -0.39 is 12.7 Å². The molecule has 1 aliphatic rings. The maximum atomic E-state index is 12.4. The molecular weight excluding hydrogens is 486 g/mol. The molecule has 2 rings (SSSR count). The van der Waals surface area contributed by atoms with Crippen LogP contribution in [0.15, 0.2) is 35.3 Å². The summed E-state index contributed by atoms with van der Waals surface area (Å²) in [4.78, 5) is 19.5. The molecule has 0 spiro atoms. The van der Waals surface area contributed by atoms with Crippen molar-refractivity contribution >= 4 is 41.5 Å². The Hall–Kier alpha value is -1.56. The number of anilines is 1. The van der Waals surface area contributed by atoms with Gasteiger partial charge in [0.15, 0.2) is 5.96 Å². The Labute approximate surface area is 180 Å². The number of carbonyl (C=O) groups is 1. The van der Waals surface area contributed by atoms with E-state index in [4.69, 9.17) is 0 Å². The fraction of sp³-hybridized carbons (Fsp3) is 0.556. The molecule has 0 saturated carbocycles. The number of benzene rings is 1. The number of aliphatic imine (C=N–C) groups is 1. The second kappa shape index (κ2) is 11.4. The van der Waals surface area contributed by atoms with Crippen molar-refractivity contribution in [1.82, 2.24) is 15.5 Å². The first-order valence-electron chi connectivity index (χ1n) is 8.94. The van der Waals surface area contributed by atoms with Gasteiger partial charge in [-0.1, -0.05) is 18.2 Å². The van der Waals surface area contributed by atoms with Crippen LogP contribution < -0.4 is 15.5 Å². The number of nitrogens with zero attached hydrogens (tertiary/aromatic N) is 3. The van der Waals surface area contributed by atoms with Crippen molar-refractivity contribution in [2.75, 3.05) is 44.7 Å². The number of amides is 1. The molecule has 1 fully saturated rings. The molecule has 10 heteroatoms. The standard InChI is InChI=1S/C18H26F3N5O.HI/c1-3-22-17(23-9-10-25(2)13-18(19,20)21)24-14-11-16(27)26(12-14)15-7-5-4-6-8-15;/h4-8,14H,3,9-13H2,1-2H3,(H2,22,23,24);1H. The van der Waals surface area contributed by atoms with Crippen LogP contribution in [-0.4, -0.2) is 68.8 Å². The monoisotopic (exact) mass is 513 g/mol. The minimum absolute atomic E-state index is 0. The van der Waals surface area contributed by atoms with Crippen molar-refractivity contribution in [3.8, 4) is 0 Å². The van der Waals surface area contributed by atoms with Gasteiger partial charge in [-0.05, 0) is 26.1 Å². The maximum Gasteiger partial charge on any atom is 0.401 e. The van der Waals surface area contributed by atoms with E-state index in [1.807, 2.05) is 37.3 Å². The molecule has 0 bridgehead atoms. The fourth-order valence-electron chi connectivity index (χ4n) is 2.89. The van der Waals surface area contributed by atoms with Crippen LogP contribution >= 0.6 is 24.0 Å². The number of likely N-dealkylation sites (N-methyl/N-ethyl adjacent to an activating group) is 1. The summed E-state index contributed by atoms with van der Waals surface area (Å²) in [5.41, 5.74) is 0.850. The topological polar surface area (TPSA) is 60.0 Å². The minimum atomic E-state index is -4.22. The quantitative estimate of drug-likeness (QED) is 0.334. The predicted octanol–water partition coefficient (Wildman–Crippen LogP) is 2.46. The second-order valence-electron chi connectivity index (χ2n) is 6.50. The van der Waals surface area contributed by atoms with E-state index in [9.17, 15) is 18.0 Å². The van der Waals surface area contributed by atoms with E-state index in [0.717, 1.165) is 5.69 Å². The smallest absolute Gasteiger partial charge is 0.357 e. The van der Waals surface area contributed by atoms with E-state index >= 15 is 0 Å². The number of hydrogen-bond donors (Lipinski definition) is 2. The van der Waals surface area contributed by atoms with Crippen LogP contribution in [0, 0.1) is 0 Å². The Kier molecular flexibility index (Phi) is 10.0. The van der Waals surface area contributed by atoms with E-state index in [2.05, 4.69) is 15.6 Å². The van der Waals surface area contributed by atoms with Crippen LogP contribution in [-0.2, 0) is 4.79 Å². The fourth-order valence-corrected chi connectivity index (χ4v) is 2.89. The Morgan fingerprint density at radius 2 is 2.00 bits per heavy atom. The second-order valence-corrected chi connectivity index (χ2v) is 6.50. The van der Waals surface area contributed by atoms with Crippen LogP contribution in [0.1, 0.15) is 13.3 Å². The Balaban J connectivity index is 0.00000392. The molecule has 1 atom stereocenters. The third kappa shape index (κ3) is 8.21. The van der Waals surface area contributed by atoms with Crippen LogP contribution in [0.5, 0.6) is 0 Å². The van der Waals surface area contributed by atoms with Crippen LogP contribution in [0.2, 0.25) is 0 Å². The summed E-state index contributed by atoms with van der Waals surface area (Å²) in [6.07, 6.45) is -3.88.